The molecule has 1 saturated heterocycles. The molecule has 0 N–H and O–H groups in total. The number of nitro groups is 1. The topological polar surface area (TPSA) is 55.6 Å². The van der Waals surface area contributed by atoms with Crippen LogP contribution < -0.4 is 4.74 Å². The van der Waals surface area contributed by atoms with Crippen LogP contribution in [0.3, 0.4) is 0 Å². The lowest BCUT2D eigenvalue weighted by atomic mass is 10.1. The van der Waals surface area contributed by atoms with Crippen molar-refractivity contribution < 1.29 is 9.66 Å². The minimum absolute atomic E-state index is 0.0689. The van der Waals surface area contributed by atoms with Crippen LogP contribution >= 0.6 is 0 Å². The summed E-state index contributed by atoms with van der Waals surface area (Å²) in [6, 6.07) is 6.74. The first-order valence-corrected chi connectivity index (χ1v) is 5.24. The normalized spacial score (nSPS) is 20.2. The van der Waals surface area contributed by atoms with Gasteiger partial charge in [0.1, 0.15) is 12.4 Å². The molecule has 0 saturated carbocycles. The quantitative estimate of drug-likeness (QED) is 0.574. The summed E-state index contributed by atoms with van der Waals surface area (Å²) in [7, 11) is 2.05. The van der Waals surface area contributed by atoms with E-state index in [4.69, 9.17) is 4.74 Å². The summed E-state index contributed by atoms with van der Waals surface area (Å²) in [4.78, 5) is 12.3. The summed E-state index contributed by atoms with van der Waals surface area (Å²) in [5, 5.41) is 10.6. The summed E-state index contributed by atoms with van der Waals surface area (Å²) in [5.74, 6) is 0.564. The molecule has 5 nitrogen and oxygen atoms in total. The van der Waals surface area contributed by atoms with Crippen LogP contribution in [0.2, 0.25) is 0 Å². The number of rotatable bonds is 4. The molecule has 0 spiro atoms. The average Bonchev–Trinajstić information content (AvgIpc) is 2.27. The predicted octanol–water partition coefficient (Wildman–Crippen LogP) is 1.68. The second-order valence-corrected chi connectivity index (χ2v) is 3.99. The van der Waals surface area contributed by atoms with Crippen LogP contribution in [0.1, 0.15) is 6.42 Å². The van der Waals surface area contributed by atoms with Gasteiger partial charge in [0.15, 0.2) is 0 Å². The summed E-state index contributed by atoms with van der Waals surface area (Å²) < 4.78 is 5.53. The van der Waals surface area contributed by atoms with Gasteiger partial charge in [-0.3, -0.25) is 15.0 Å². The highest BCUT2D eigenvalue weighted by Gasteiger charge is 2.24. The number of nitro benzene ring substituents is 1. The Hall–Kier alpha value is -1.62. The van der Waals surface area contributed by atoms with Crippen molar-refractivity contribution in [1.82, 2.24) is 4.90 Å². The summed E-state index contributed by atoms with van der Waals surface area (Å²) in [6.07, 6.45) is 1.13. The number of ether oxygens (including phenoxy) is 1. The van der Waals surface area contributed by atoms with Gasteiger partial charge in [0.05, 0.1) is 11.0 Å². The molecule has 0 amide bonds. The van der Waals surface area contributed by atoms with Crippen molar-refractivity contribution in [3.8, 4) is 5.75 Å². The van der Waals surface area contributed by atoms with Crippen molar-refractivity contribution >= 4 is 5.69 Å². The molecular weight excluding hydrogens is 208 g/mol. The van der Waals surface area contributed by atoms with E-state index in [1.807, 2.05) is 7.05 Å². The van der Waals surface area contributed by atoms with Gasteiger partial charge in [-0.05, 0) is 26.1 Å². The minimum Gasteiger partial charge on any atom is -0.492 e. The molecule has 16 heavy (non-hydrogen) atoms. The van der Waals surface area contributed by atoms with Crippen LogP contribution in [0.5, 0.6) is 5.75 Å². The largest absolute Gasteiger partial charge is 0.492 e. The zero-order valence-corrected chi connectivity index (χ0v) is 9.13. The third-order valence-electron chi connectivity index (χ3n) is 2.91. The van der Waals surface area contributed by atoms with E-state index in [1.165, 1.54) is 12.1 Å². The predicted molar refractivity (Wildman–Crippen MR) is 59.6 cm³/mol. The van der Waals surface area contributed by atoms with Gasteiger partial charge in [0.2, 0.25) is 0 Å². The lowest BCUT2D eigenvalue weighted by molar-refractivity contribution is -0.384. The maximum atomic E-state index is 10.6. The van der Waals surface area contributed by atoms with Crippen LogP contribution in [0.15, 0.2) is 24.3 Å². The van der Waals surface area contributed by atoms with Gasteiger partial charge < -0.3 is 4.74 Å². The molecule has 1 heterocycles. The Labute approximate surface area is 93.8 Å². The van der Waals surface area contributed by atoms with Crippen LogP contribution in [0, 0.1) is 10.1 Å². The van der Waals surface area contributed by atoms with E-state index in [1.54, 1.807) is 12.1 Å². The second kappa shape index (κ2) is 4.49. The van der Waals surface area contributed by atoms with Crippen molar-refractivity contribution in [3.05, 3.63) is 34.4 Å². The highest BCUT2D eigenvalue weighted by molar-refractivity contribution is 5.37. The van der Waals surface area contributed by atoms with E-state index < -0.39 is 4.92 Å². The first-order valence-electron chi connectivity index (χ1n) is 5.24. The molecule has 1 aromatic carbocycles. The minimum atomic E-state index is -0.414. The van der Waals surface area contributed by atoms with E-state index in [0.717, 1.165) is 13.0 Å². The van der Waals surface area contributed by atoms with Crippen LogP contribution in [-0.2, 0) is 0 Å². The van der Waals surface area contributed by atoms with Crippen molar-refractivity contribution in [1.29, 1.82) is 0 Å². The number of benzene rings is 1. The van der Waals surface area contributed by atoms with E-state index >= 15 is 0 Å². The van der Waals surface area contributed by atoms with Gasteiger partial charge in [-0.25, -0.2) is 0 Å². The fourth-order valence-electron chi connectivity index (χ4n) is 1.66. The third kappa shape index (κ3) is 2.30. The summed E-state index contributed by atoms with van der Waals surface area (Å²) in [5.41, 5.74) is 0.0689. The van der Waals surface area contributed by atoms with Crippen LogP contribution in [0.25, 0.3) is 0 Å². The zero-order chi connectivity index (χ0) is 11.5. The first kappa shape index (κ1) is 10.9. The molecule has 0 bridgehead atoms. The number of likely N-dealkylation sites (tertiary alicyclic amines) is 1. The zero-order valence-electron chi connectivity index (χ0n) is 9.13. The lowest BCUT2D eigenvalue weighted by Crippen LogP contribution is -2.48. The Kier molecular flexibility index (Phi) is 3.05. The molecule has 1 aliphatic heterocycles. The van der Waals surface area contributed by atoms with Crippen molar-refractivity contribution in [2.75, 3.05) is 20.2 Å². The highest BCUT2D eigenvalue weighted by atomic mass is 16.6. The summed E-state index contributed by atoms with van der Waals surface area (Å²) >= 11 is 0. The molecule has 0 unspecified atom stereocenters. The Morgan fingerprint density at radius 2 is 2.44 bits per heavy atom. The number of hydrogen-bond acceptors (Lipinski definition) is 4. The van der Waals surface area contributed by atoms with Gasteiger partial charge in [-0.15, -0.1) is 0 Å². The van der Waals surface area contributed by atoms with E-state index in [0.29, 0.717) is 18.4 Å². The molecular formula is C11H14N2O3. The first-order chi connectivity index (χ1) is 7.66. The fraction of sp³-hybridized carbons (Fsp3) is 0.455. The van der Waals surface area contributed by atoms with Crippen LogP contribution in [0.4, 0.5) is 5.69 Å². The highest BCUT2D eigenvalue weighted by Crippen LogP contribution is 2.21. The number of non-ortho nitro benzene ring substituents is 1. The maximum Gasteiger partial charge on any atom is 0.273 e. The van der Waals surface area contributed by atoms with Gasteiger partial charge in [-0.2, -0.15) is 0 Å². The van der Waals surface area contributed by atoms with Crippen molar-refractivity contribution in [2.45, 2.75) is 12.5 Å². The molecule has 0 aliphatic carbocycles. The van der Waals surface area contributed by atoms with Gasteiger partial charge in [-0.1, -0.05) is 6.07 Å². The summed E-state index contributed by atoms with van der Waals surface area (Å²) in [6.45, 7) is 1.70. The average molecular weight is 222 g/mol. The standard InChI is InChI=1S/C11H14N2O3/c1-12-6-5-10(12)8-16-11-4-2-3-9(7-11)13(14)15/h2-4,7,10H,5-6,8H2,1H3/t10-/m1/s1. The Balaban J connectivity index is 1.93. The van der Waals surface area contributed by atoms with Crippen LogP contribution in [-0.4, -0.2) is 36.1 Å². The smallest absolute Gasteiger partial charge is 0.273 e. The van der Waals surface area contributed by atoms with E-state index in [-0.39, 0.29) is 5.69 Å². The lowest BCUT2D eigenvalue weighted by Gasteiger charge is -2.37. The van der Waals surface area contributed by atoms with E-state index in [2.05, 4.69) is 4.90 Å². The third-order valence-corrected chi connectivity index (χ3v) is 2.91. The Morgan fingerprint density at radius 3 is 3.00 bits per heavy atom. The maximum absolute atomic E-state index is 10.6. The number of hydrogen-bond donors (Lipinski definition) is 0. The SMILES string of the molecule is CN1CC[C@@H]1COc1cccc([N+](=O)[O-])c1. The molecule has 1 aromatic rings. The van der Waals surface area contributed by atoms with Crippen molar-refractivity contribution in [2.24, 2.45) is 0 Å². The molecule has 0 aromatic heterocycles. The Bertz CT molecular complexity index is 395. The van der Waals surface area contributed by atoms with E-state index in [9.17, 15) is 10.1 Å². The van der Waals surface area contributed by atoms with Gasteiger partial charge in [0.25, 0.3) is 5.69 Å². The fourth-order valence-corrected chi connectivity index (χ4v) is 1.66. The molecule has 5 heteroatoms. The molecule has 1 atom stereocenters. The van der Waals surface area contributed by atoms with Gasteiger partial charge >= 0.3 is 0 Å². The molecule has 1 fully saturated rings. The van der Waals surface area contributed by atoms with Crippen molar-refractivity contribution in [3.63, 3.8) is 0 Å². The van der Waals surface area contributed by atoms with Gasteiger partial charge in [0, 0.05) is 12.1 Å². The molecule has 2 rings (SSSR count). The monoisotopic (exact) mass is 222 g/mol. The molecule has 1 aliphatic rings. The second-order valence-electron chi connectivity index (χ2n) is 3.99. The number of likely N-dealkylation sites (N-methyl/N-ethyl adjacent to an activating group) is 1. The molecule has 86 valence electrons. The Morgan fingerprint density at radius 1 is 1.62 bits per heavy atom. The number of nitrogens with zero attached hydrogens (tertiary/aromatic N) is 2. The molecule has 0 radical (unpaired) electrons.